The van der Waals surface area contributed by atoms with E-state index in [1.54, 1.807) is 28.0 Å². The fraction of sp³-hybridized carbons (Fsp3) is 0.214. The van der Waals surface area contributed by atoms with E-state index in [4.69, 9.17) is 0 Å². The van der Waals surface area contributed by atoms with Gasteiger partial charge in [-0.1, -0.05) is 6.07 Å². The number of nitrogens with one attached hydrogen (secondary N) is 1. The van der Waals surface area contributed by atoms with Gasteiger partial charge in [0, 0.05) is 28.9 Å². The molecule has 1 atom stereocenters. The molecular formula is C14H12F2N2OS2. The molecular weight excluding hydrogens is 314 g/mol. The van der Waals surface area contributed by atoms with Crippen LogP contribution >= 0.6 is 23.1 Å². The minimum Gasteiger partial charge on any atom is -0.308 e. The van der Waals surface area contributed by atoms with Crippen LogP contribution in [0.4, 0.5) is 19.3 Å². The van der Waals surface area contributed by atoms with Crippen LogP contribution in [0.1, 0.15) is 10.3 Å². The lowest BCUT2D eigenvalue weighted by molar-refractivity contribution is 0.215. The lowest BCUT2D eigenvalue weighted by atomic mass is 10.3. The topological polar surface area (TPSA) is 32.3 Å². The first-order valence-electron chi connectivity index (χ1n) is 6.33. The van der Waals surface area contributed by atoms with Crippen molar-refractivity contribution in [2.45, 2.75) is 5.37 Å². The summed E-state index contributed by atoms with van der Waals surface area (Å²) >= 11 is 3.29. The molecule has 0 spiro atoms. The quantitative estimate of drug-likeness (QED) is 0.892. The van der Waals surface area contributed by atoms with Crippen LogP contribution in [0, 0.1) is 11.6 Å². The summed E-state index contributed by atoms with van der Waals surface area (Å²) < 4.78 is 26.0. The molecule has 1 aromatic heterocycles. The van der Waals surface area contributed by atoms with Crippen LogP contribution in [-0.4, -0.2) is 23.2 Å². The largest absolute Gasteiger partial charge is 0.323 e. The van der Waals surface area contributed by atoms with Crippen LogP contribution in [-0.2, 0) is 0 Å². The van der Waals surface area contributed by atoms with E-state index in [1.807, 2.05) is 17.5 Å². The van der Waals surface area contributed by atoms with E-state index in [9.17, 15) is 13.6 Å². The van der Waals surface area contributed by atoms with E-state index in [2.05, 4.69) is 5.32 Å². The Kier molecular flexibility index (Phi) is 4.12. The zero-order chi connectivity index (χ0) is 14.8. The van der Waals surface area contributed by atoms with Gasteiger partial charge >= 0.3 is 6.03 Å². The Morgan fingerprint density at radius 2 is 2.14 bits per heavy atom. The third-order valence-corrected chi connectivity index (χ3v) is 5.43. The van der Waals surface area contributed by atoms with E-state index in [0.717, 1.165) is 22.8 Å². The second-order valence-corrected chi connectivity index (χ2v) is 6.66. The van der Waals surface area contributed by atoms with Gasteiger partial charge < -0.3 is 10.2 Å². The number of benzene rings is 1. The Labute approximate surface area is 129 Å². The molecule has 1 fully saturated rings. The van der Waals surface area contributed by atoms with Crippen LogP contribution in [0.5, 0.6) is 0 Å². The number of thioether (sulfide) groups is 1. The molecule has 110 valence electrons. The predicted molar refractivity (Wildman–Crippen MR) is 81.6 cm³/mol. The Hall–Kier alpha value is -1.60. The third-order valence-electron chi connectivity index (χ3n) is 3.11. The number of carbonyl (C=O) groups excluding carboxylic acids is 1. The number of carbonyl (C=O) groups is 1. The maximum atomic E-state index is 13.2. The van der Waals surface area contributed by atoms with Crippen LogP contribution in [0.25, 0.3) is 0 Å². The van der Waals surface area contributed by atoms with Crippen LogP contribution in [0.3, 0.4) is 0 Å². The summed E-state index contributed by atoms with van der Waals surface area (Å²) in [5, 5.41) is 4.57. The average molecular weight is 326 g/mol. The normalized spacial score (nSPS) is 18.0. The highest BCUT2D eigenvalue weighted by Gasteiger charge is 2.31. The van der Waals surface area contributed by atoms with Crippen LogP contribution < -0.4 is 5.32 Å². The van der Waals surface area contributed by atoms with E-state index in [1.165, 1.54) is 6.07 Å². The summed E-state index contributed by atoms with van der Waals surface area (Å²) in [6.45, 7) is 0.628. The van der Waals surface area contributed by atoms with Gasteiger partial charge in [-0.25, -0.2) is 13.6 Å². The lowest BCUT2D eigenvalue weighted by Crippen LogP contribution is -2.34. The van der Waals surface area contributed by atoms with Gasteiger partial charge in [-0.15, -0.1) is 23.1 Å². The Morgan fingerprint density at radius 3 is 2.86 bits per heavy atom. The molecule has 1 aliphatic heterocycles. The SMILES string of the molecule is O=C(Nc1ccc(F)c(F)c1)N1CCS[C@@H]1c1cccs1. The molecule has 3 rings (SSSR count). The second-order valence-electron chi connectivity index (χ2n) is 4.49. The fourth-order valence-electron chi connectivity index (χ4n) is 2.11. The standard InChI is InChI=1S/C14H12F2N2OS2/c15-10-4-3-9(8-11(10)16)17-14(19)18-5-7-21-13(18)12-2-1-6-20-12/h1-4,6,8,13H,5,7H2,(H,17,19)/t13-/m1/s1. The highest BCUT2D eigenvalue weighted by Crippen LogP contribution is 2.40. The highest BCUT2D eigenvalue weighted by molar-refractivity contribution is 7.99. The second kappa shape index (κ2) is 6.03. The number of hydrogen-bond donors (Lipinski definition) is 1. The number of urea groups is 1. The van der Waals surface area contributed by atoms with E-state index in [0.29, 0.717) is 6.54 Å². The molecule has 21 heavy (non-hydrogen) atoms. The summed E-state index contributed by atoms with van der Waals surface area (Å²) in [5.74, 6) is -1.05. The molecule has 2 aromatic rings. The van der Waals surface area contributed by atoms with Gasteiger partial charge in [0.25, 0.3) is 0 Å². The van der Waals surface area contributed by atoms with Gasteiger partial charge in [-0.05, 0) is 23.6 Å². The number of thiophene rings is 1. The predicted octanol–water partition coefficient (Wildman–Crippen LogP) is 4.31. The molecule has 3 nitrogen and oxygen atoms in total. The molecule has 2 amide bonds. The van der Waals surface area contributed by atoms with Crippen molar-refractivity contribution in [2.24, 2.45) is 0 Å². The zero-order valence-electron chi connectivity index (χ0n) is 10.9. The third kappa shape index (κ3) is 3.03. The van der Waals surface area contributed by atoms with Crippen molar-refractivity contribution in [3.63, 3.8) is 0 Å². The first kappa shape index (κ1) is 14.3. The number of hydrogen-bond acceptors (Lipinski definition) is 3. The fourth-order valence-corrected chi connectivity index (χ4v) is 4.35. The molecule has 1 aromatic carbocycles. The number of nitrogens with zero attached hydrogens (tertiary/aromatic N) is 1. The smallest absolute Gasteiger partial charge is 0.308 e. The molecule has 1 N–H and O–H groups in total. The van der Waals surface area contributed by atoms with Crippen molar-refractivity contribution < 1.29 is 13.6 Å². The van der Waals surface area contributed by atoms with Crippen molar-refractivity contribution in [1.29, 1.82) is 0 Å². The molecule has 0 unspecified atom stereocenters. The molecule has 0 aliphatic carbocycles. The van der Waals surface area contributed by atoms with Gasteiger partial charge in [0.1, 0.15) is 5.37 Å². The van der Waals surface area contributed by atoms with Crippen LogP contribution in [0.15, 0.2) is 35.7 Å². The average Bonchev–Trinajstić information content (AvgIpc) is 3.12. The minimum absolute atomic E-state index is 0.0182. The van der Waals surface area contributed by atoms with Gasteiger partial charge in [0.05, 0.1) is 0 Å². The number of anilines is 1. The minimum atomic E-state index is -0.974. The summed E-state index contributed by atoms with van der Waals surface area (Å²) in [5.41, 5.74) is 0.251. The molecule has 0 bridgehead atoms. The Balaban J connectivity index is 1.73. The van der Waals surface area contributed by atoms with Crippen molar-refractivity contribution >= 4 is 34.8 Å². The van der Waals surface area contributed by atoms with Gasteiger partial charge in [0.2, 0.25) is 0 Å². The Bertz CT molecular complexity index is 648. The molecule has 1 saturated heterocycles. The molecule has 0 radical (unpaired) electrons. The monoisotopic (exact) mass is 326 g/mol. The molecule has 1 aliphatic rings. The van der Waals surface area contributed by atoms with E-state index < -0.39 is 11.6 Å². The first-order valence-corrected chi connectivity index (χ1v) is 8.25. The highest BCUT2D eigenvalue weighted by atomic mass is 32.2. The summed E-state index contributed by atoms with van der Waals surface area (Å²) in [6, 6.07) is 6.97. The number of rotatable bonds is 2. The summed E-state index contributed by atoms with van der Waals surface area (Å²) in [6.07, 6.45) is 0. The number of halogens is 2. The van der Waals surface area contributed by atoms with Crippen molar-refractivity contribution in [3.8, 4) is 0 Å². The first-order chi connectivity index (χ1) is 10.1. The van der Waals surface area contributed by atoms with Gasteiger partial charge in [-0.2, -0.15) is 0 Å². The van der Waals surface area contributed by atoms with Crippen LogP contribution in [0.2, 0.25) is 0 Å². The molecule has 2 heterocycles. The van der Waals surface area contributed by atoms with Gasteiger partial charge in [-0.3, -0.25) is 0 Å². The Morgan fingerprint density at radius 1 is 1.29 bits per heavy atom. The van der Waals surface area contributed by atoms with Crippen molar-refractivity contribution in [1.82, 2.24) is 4.90 Å². The number of amides is 2. The van der Waals surface area contributed by atoms with E-state index >= 15 is 0 Å². The zero-order valence-corrected chi connectivity index (χ0v) is 12.5. The summed E-state index contributed by atoms with van der Waals surface area (Å²) in [4.78, 5) is 15.1. The molecule has 0 saturated carbocycles. The maximum absolute atomic E-state index is 13.2. The van der Waals surface area contributed by atoms with E-state index in [-0.39, 0.29) is 17.1 Å². The maximum Gasteiger partial charge on any atom is 0.323 e. The van der Waals surface area contributed by atoms with Crippen molar-refractivity contribution in [3.05, 3.63) is 52.2 Å². The lowest BCUT2D eigenvalue weighted by Gasteiger charge is -2.23. The summed E-state index contributed by atoms with van der Waals surface area (Å²) in [7, 11) is 0. The molecule has 7 heteroatoms. The van der Waals surface area contributed by atoms with Gasteiger partial charge in [0.15, 0.2) is 11.6 Å². The van der Waals surface area contributed by atoms with Crippen molar-refractivity contribution in [2.75, 3.05) is 17.6 Å².